The molecule has 34 heavy (non-hydrogen) atoms. The number of methoxy groups -OCH3 is 1. The second-order valence-corrected chi connectivity index (χ2v) is 8.86. The van der Waals surface area contributed by atoms with E-state index in [1.807, 2.05) is 44.2 Å². The summed E-state index contributed by atoms with van der Waals surface area (Å²) in [6, 6.07) is 16.7. The molecule has 9 heteroatoms. The number of carbonyl (C=O) groups is 1. The summed E-state index contributed by atoms with van der Waals surface area (Å²) in [7, 11) is 1.55. The summed E-state index contributed by atoms with van der Waals surface area (Å²) in [5, 5.41) is 16.9. The highest BCUT2D eigenvalue weighted by atomic mass is 32.1. The van der Waals surface area contributed by atoms with E-state index in [0.717, 1.165) is 33.7 Å². The lowest BCUT2D eigenvalue weighted by Crippen LogP contribution is -2.39. The molecule has 2 N–H and O–H groups in total. The minimum atomic E-state index is -0.845. The van der Waals surface area contributed by atoms with E-state index in [4.69, 9.17) is 20.0 Å². The van der Waals surface area contributed by atoms with Crippen LogP contribution >= 0.6 is 11.3 Å². The fraction of sp³-hybridized carbons (Fsp3) is 0.120. The molecule has 0 bridgehead atoms. The van der Waals surface area contributed by atoms with Crippen LogP contribution < -0.4 is 20.3 Å². The van der Waals surface area contributed by atoms with Crippen molar-refractivity contribution in [3.63, 3.8) is 0 Å². The van der Waals surface area contributed by atoms with Gasteiger partial charge in [0.15, 0.2) is 5.95 Å². The van der Waals surface area contributed by atoms with Crippen LogP contribution in [0.3, 0.4) is 0 Å². The van der Waals surface area contributed by atoms with Gasteiger partial charge in [0, 0.05) is 23.1 Å². The van der Waals surface area contributed by atoms with Gasteiger partial charge in [-0.2, -0.15) is 0 Å². The maximum atomic E-state index is 13.5. The van der Waals surface area contributed by atoms with Crippen molar-refractivity contribution in [1.82, 2.24) is 10.3 Å². The molecule has 0 aliphatic rings. The monoisotopic (exact) mass is 472 g/mol. The fourth-order valence-corrected chi connectivity index (χ4v) is 4.78. The third-order valence-electron chi connectivity index (χ3n) is 5.59. The summed E-state index contributed by atoms with van der Waals surface area (Å²) in [4.78, 5) is 19.1. The Hall–Kier alpha value is -4.24. The number of hydrogen-bond acceptors (Lipinski definition) is 8. The predicted octanol–water partition coefficient (Wildman–Crippen LogP) is 3.74. The topological polar surface area (TPSA) is 118 Å². The molecule has 0 saturated carbocycles. The Morgan fingerprint density at radius 1 is 1.12 bits per heavy atom. The second-order valence-electron chi connectivity index (χ2n) is 7.87. The van der Waals surface area contributed by atoms with E-state index < -0.39 is 11.7 Å². The number of pyridine rings is 1. The van der Waals surface area contributed by atoms with Crippen molar-refractivity contribution < 1.29 is 23.8 Å². The minimum absolute atomic E-state index is 0.213. The van der Waals surface area contributed by atoms with E-state index >= 15 is 0 Å². The van der Waals surface area contributed by atoms with Crippen LogP contribution in [0, 0.1) is 13.8 Å². The molecule has 5 aromatic rings. The molecule has 3 aromatic heterocycles. The van der Waals surface area contributed by atoms with Crippen molar-refractivity contribution in [2.45, 2.75) is 13.8 Å². The molecule has 2 aromatic carbocycles. The molecule has 0 fully saturated rings. The van der Waals surface area contributed by atoms with Gasteiger partial charge in [-0.05, 0) is 42.3 Å². The molecule has 0 radical (unpaired) electrons. The SMILES string of the molecule is COc1ccc(-[n+]2noc([O-])c2C(=O)c2sc3nc(-c4ccc(C)cc4)c(C)cc3c2N)cc1. The van der Waals surface area contributed by atoms with E-state index in [1.165, 1.54) is 4.68 Å². The number of aromatic nitrogens is 3. The number of fused-ring (bicyclic) bond motifs is 1. The number of aryl methyl sites for hydroxylation is 2. The molecular formula is C25H20N4O4S. The molecule has 8 nitrogen and oxygen atoms in total. The number of nitrogen functional groups attached to an aromatic ring is 1. The normalized spacial score (nSPS) is 11.1. The summed E-state index contributed by atoms with van der Waals surface area (Å²) < 4.78 is 11.2. The summed E-state index contributed by atoms with van der Waals surface area (Å²) in [5.74, 6) is -0.790. The van der Waals surface area contributed by atoms with Crippen molar-refractivity contribution in [2.24, 2.45) is 0 Å². The largest absolute Gasteiger partial charge is 0.539 e. The quantitative estimate of drug-likeness (QED) is 0.306. The standard InChI is InChI=1S/C25H20N4O4S/c1-13-4-6-15(7-5-13)20-14(2)12-18-19(26)23(34-24(18)27-20)22(30)21-25(31)33-28-29(21)16-8-10-17(32-3)11-9-16/h4-12H,1-3H3,(H2-,26,28,30,31). The van der Waals surface area contributed by atoms with Gasteiger partial charge in [0.25, 0.3) is 5.78 Å². The van der Waals surface area contributed by atoms with E-state index in [-0.39, 0.29) is 16.3 Å². The molecular weight excluding hydrogens is 452 g/mol. The first kappa shape index (κ1) is 21.6. The number of carbonyl (C=O) groups excluding carboxylic acids is 1. The zero-order valence-electron chi connectivity index (χ0n) is 18.7. The molecule has 0 aliphatic heterocycles. The molecule has 0 aliphatic carbocycles. The molecule has 3 heterocycles. The first-order chi connectivity index (χ1) is 16.4. The molecule has 0 saturated heterocycles. The van der Waals surface area contributed by atoms with Gasteiger partial charge in [0.05, 0.1) is 23.8 Å². The Morgan fingerprint density at radius 3 is 2.50 bits per heavy atom. The Bertz CT molecular complexity index is 1540. The number of rotatable bonds is 5. The highest BCUT2D eigenvalue weighted by Crippen LogP contribution is 2.37. The Balaban J connectivity index is 1.60. The van der Waals surface area contributed by atoms with Gasteiger partial charge in [-0.1, -0.05) is 29.8 Å². The maximum absolute atomic E-state index is 13.5. The lowest BCUT2D eigenvalue weighted by molar-refractivity contribution is -0.672. The molecule has 0 spiro atoms. The Morgan fingerprint density at radius 2 is 1.82 bits per heavy atom. The van der Waals surface area contributed by atoms with Crippen LogP contribution in [-0.4, -0.2) is 23.1 Å². The van der Waals surface area contributed by atoms with Gasteiger partial charge in [-0.15, -0.1) is 11.3 Å². The number of nitrogens with two attached hydrogens (primary N) is 1. The van der Waals surface area contributed by atoms with Crippen molar-refractivity contribution in [1.29, 1.82) is 0 Å². The van der Waals surface area contributed by atoms with Gasteiger partial charge in [0.1, 0.15) is 15.5 Å². The average molecular weight is 473 g/mol. The number of nitrogens with zero attached hydrogens (tertiary/aromatic N) is 3. The number of ether oxygens (including phenoxy) is 1. The van der Waals surface area contributed by atoms with Gasteiger partial charge in [-0.25, -0.2) is 4.98 Å². The third kappa shape index (κ3) is 3.56. The van der Waals surface area contributed by atoms with Crippen LogP contribution in [0.5, 0.6) is 11.7 Å². The number of thiophene rings is 1. The van der Waals surface area contributed by atoms with Gasteiger partial charge >= 0.3 is 5.69 Å². The first-order valence-corrected chi connectivity index (χ1v) is 11.2. The van der Waals surface area contributed by atoms with Crippen molar-refractivity contribution in [2.75, 3.05) is 12.8 Å². The third-order valence-corrected chi connectivity index (χ3v) is 6.70. The van der Waals surface area contributed by atoms with Crippen molar-refractivity contribution >= 4 is 33.0 Å². The number of ketones is 1. The van der Waals surface area contributed by atoms with Crippen LogP contribution in [-0.2, 0) is 0 Å². The van der Waals surface area contributed by atoms with Gasteiger partial charge < -0.3 is 20.1 Å². The van der Waals surface area contributed by atoms with Crippen LogP contribution in [0.15, 0.2) is 59.1 Å². The molecule has 0 amide bonds. The van der Waals surface area contributed by atoms with Crippen LogP contribution in [0.2, 0.25) is 0 Å². The zero-order valence-corrected chi connectivity index (χ0v) is 19.5. The molecule has 0 atom stereocenters. The fourth-order valence-electron chi connectivity index (χ4n) is 3.76. The van der Waals surface area contributed by atoms with Gasteiger partial charge in [0.2, 0.25) is 5.69 Å². The van der Waals surface area contributed by atoms with Crippen LogP contribution in [0.1, 0.15) is 26.5 Å². The highest BCUT2D eigenvalue weighted by molar-refractivity contribution is 7.21. The first-order valence-electron chi connectivity index (χ1n) is 10.4. The van der Waals surface area contributed by atoms with Gasteiger partial charge in [-0.3, -0.25) is 4.79 Å². The number of benzene rings is 2. The number of anilines is 1. The smallest absolute Gasteiger partial charge is 0.312 e. The lowest BCUT2D eigenvalue weighted by Gasteiger charge is -2.06. The summed E-state index contributed by atoms with van der Waals surface area (Å²) in [6.45, 7) is 3.98. The minimum Gasteiger partial charge on any atom is -0.539 e. The highest BCUT2D eigenvalue weighted by Gasteiger charge is 2.32. The van der Waals surface area contributed by atoms with E-state index in [9.17, 15) is 9.90 Å². The lowest BCUT2D eigenvalue weighted by atomic mass is 10.0. The Labute approximate surface area is 198 Å². The van der Waals surface area contributed by atoms with E-state index in [0.29, 0.717) is 21.7 Å². The number of hydrogen-bond donors (Lipinski definition) is 1. The van der Waals surface area contributed by atoms with E-state index in [1.54, 1.807) is 31.4 Å². The van der Waals surface area contributed by atoms with E-state index in [2.05, 4.69) is 5.27 Å². The Kier molecular flexibility index (Phi) is 5.25. The average Bonchev–Trinajstić information content (AvgIpc) is 3.38. The van der Waals surface area contributed by atoms with Crippen molar-refractivity contribution in [3.05, 3.63) is 76.3 Å². The molecule has 170 valence electrons. The summed E-state index contributed by atoms with van der Waals surface area (Å²) in [6.07, 6.45) is 0. The predicted molar refractivity (Wildman–Crippen MR) is 126 cm³/mol. The van der Waals surface area contributed by atoms with Crippen LogP contribution in [0.25, 0.3) is 27.2 Å². The summed E-state index contributed by atoms with van der Waals surface area (Å²) in [5.41, 5.74) is 10.8. The molecule has 0 unspecified atom stereocenters. The van der Waals surface area contributed by atoms with Crippen molar-refractivity contribution in [3.8, 4) is 28.6 Å². The molecule has 5 rings (SSSR count). The zero-order chi connectivity index (χ0) is 24.0. The van der Waals surface area contributed by atoms with Crippen LogP contribution in [0.4, 0.5) is 5.69 Å². The maximum Gasteiger partial charge on any atom is 0.312 e. The summed E-state index contributed by atoms with van der Waals surface area (Å²) >= 11 is 1.14. The second kappa shape index (κ2) is 8.27.